The largest absolute Gasteiger partial charge is 0.398 e. The predicted octanol–water partition coefficient (Wildman–Crippen LogP) is 2.01. The molecule has 0 spiro atoms. The third-order valence-corrected chi connectivity index (χ3v) is 4.55. The number of nitrogens with two attached hydrogens (primary N) is 1. The highest BCUT2D eigenvalue weighted by molar-refractivity contribution is 7.89. The number of rotatable bonds is 4. The van der Waals surface area contributed by atoms with Crippen LogP contribution in [0.25, 0.3) is 0 Å². The Morgan fingerprint density at radius 2 is 2.05 bits per heavy atom. The van der Waals surface area contributed by atoms with Gasteiger partial charge in [0.25, 0.3) is 0 Å². The quantitative estimate of drug-likeness (QED) is 0.841. The molecule has 20 heavy (non-hydrogen) atoms. The van der Waals surface area contributed by atoms with Crippen molar-refractivity contribution >= 4 is 27.3 Å². The maximum Gasteiger partial charge on any atom is 0.241 e. The molecule has 0 saturated carbocycles. The zero-order valence-electron chi connectivity index (χ0n) is 11.0. The van der Waals surface area contributed by atoms with Crippen molar-refractivity contribution in [2.45, 2.75) is 25.3 Å². The van der Waals surface area contributed by atoms with E-state index in [0.717, 1.165) is 0 Å². The molecule has 8 heteroatoms. The normalized spacial score (nSPS) is 11.8. The first-order valence-electron chi connectivity index (χ1n) is 5.77. The van der Waals surface area contributed by atoms with E-state index in [0.29, 0.717) is 27.7 Å². The van der Waals surface area contributed by atoms with Crippen LogP contribution in [0.1, 0.15) is 17.0 Å². The molecule has 0 atom stereocenters. The van der Waals surface area contributed by atoms with E-state index in [2.05, 4.69) is 9.88 Å². The van der Waals surface area contributed by atoms with Gasteiger partial charge in [-0.2, -0.15) is 0 Å². The van der Waals surface area contributed by atoms with Gasteiger partial charge in [0.1, 0.15) is 0 Å². The molecule has 0 aliphatic rings. The van der Waals surface area contributed by atoms with E-state index >= 15 is 0 Å². The van der Waals surface area contributed by atoms with E-state index in [-0.39, 0.29) is 11.4 Å². The number of hydrogen-bond donors (Lipinski definition) is 2. The molecule has 0 bridgehead atoms. The third-order valence-electron chi connectivity index (χ3n) is 2.78. The molecular formula is C12H14ClN3O3S. The van der Waals surface area contributed by atoms with Crippen LogP contribution in [0.15, 0.2) is 27.6 Å². The van der Waals surface area contributed by atoms with Gasteiger partial charge < -0.3 is 10.3 Å². The molecule has 1 aromatic heterocycles. The fourth-order valence-electron chi connectivity index (χ4n) is 1.58. The number of sulfonamides is 1. The molecule has 0 aliphatic carbocycles. The smallest absolute Gasteiger partial charge is 0.241 e. The Kier molecular flexibility index (Phi) is 4.03. The lowest BCUT2D eigenvalue weighted by molar-refractivity contribution is 0.377. The van der Waals surface area contributed by atoms with Crippen LogP contribution in [0.3, 0.4) is 0 Å². The van der Waals surface area contributed by atoms with Crippen LogP contribution < -0.4 is 10.5 Å². The number of nitrogens with zero attached hydrogens (tertiary/aromatic N) is 1. The van der Waals surface area contributed by atoms with Crippen molar-refractivity contribution in [1.29, 1.82) is 0 Å². The number of benzene rings is 1. The molecule has 108 valence electrons. The first-order valence-corrected chi connectivity index (χ1v) is 7.63. The Bertz CT molecular complexity index is 717. The molecule has 2 aromatic rings. The lowest BCUT2D eigenvalue weighted by atomic mass is 10.2. The van der Waals surface area contributed by atoms with Crippen LogP contribution in [0, 0.1) is 13.8 Å². The first-order chi connectivity index (χ1) is 9.29. The van der Waals surface area contributed by atoms with Gasteiger partial charge in [0.2, 0.25) is 10.0 Å². The molecule has 0 amide bonds. The van der Waals surface area contributed by atoms with E-state index < -0.39 is 10.0 Å². The predicted molar refractivity (Wildman–Crippen MR) is 75.9 cm³/mol. The van der Waals surface area contributed by atoms with E-state index in [1.54, 1.807) is 19.9 Å². The number of nitrogens with one attached hydrogen (secondary N) is 1. The van der Waals surface area contributed by atoms with Crippen molar-refractivity contribution in [3.8, 4) is 0 Å². The van der Waals surface area contributed by atoms with Gasteiger partial charge in [-0.3, -0.25) is 0 Å². The van der Waals surface area contributed by atoms with Crippen LogP contribution in [0.2, 0.25) is 5.02 Å². The molecule has 0 saturated heterocycles. The van der Waals surface area contributed by atoms with Crippen molar-refractivity contribution in [3.05, 3.63) is 40.2 Å². The Morgan fingerprint density at radius 3 is 2.60 bits per heavy atom. The summed E-state index contributed by atoms with van der Waals surface area (Å²) in [6.45, 7) is 3.48. The standard InChI is InChI=1S/C12H14ClN3O3S/c1-7-3-9(19-16-7)6-15-20(17,18)10-4-11(13)8(2)12(14)5-10/h3-5,15H,6,14H2,1-2H3. The van der Waals surface area contributed by atoms with E-state index in [9.17, 15) is 8.42 Å². The average molecular weight is 316 g/mol. The highest BCUT2D eigenvalue weighted by Gasteiger charge is 2.17. The number of aryl methyl sites for hydroxylation is 1. The zero-order chi connectivity index (χ0) is 14.9. The summed E-state index contributed by atoms with van der Waals surface area (Å²) in [5.74, 6) is 0.428. The SMILES string of the molecule is Cc1cc(CNS(=O)(=O)c2cc(N)c(C)c(Cl)c2)on1. The van der Waals surface area contributed by atoms with Crippen molar-refractivity contribution in [1.82, 2.24) is 9.88 Å². The lowest BCUT2D eigenvalue weighted by Crippen LogP contribution is -2.23. The Labute approximate surface area is 122 Å². The maximum absolute atomic E-state index is 12.1. The second kappa shape index (κ2) is 5.43. The second-order valence-electron chi connectivity index (χ2n) is 4.38. The van der Waals surface area contributed by atoms with E-state index in [1.807, 2.05) is 0 Å². The summed E-state index contributed by atoms with van der Waals surface area (Å²) in [6.07, 6.45) is 0. The molecule has 1 aromatic carbocycles. The molecular weight excluding hydrogens is 302 g/mol. The molecule has 0 fully saturated rings. The van der Waals surface area contributed by atoms with Gasteiger partial charge in [-0.25, -0.2) is 13.1 Å². The molecule has 1 heterocycles. The van der Waals surface area contributed by atoms with Gasteiger partial charge in [-0.05, 0) is 31.5 Å². The number of nitrogen functional groups attached to an aromatic ring is 1. The lowest BCUT2D eigenvalue weighted by Gasteiger charge is -2.09. The summed E-state index contributed by atoms with van der Waals surface area (Å²) in [4.78, 5) is 0.0156. The fourth-order valence-corrected chi connectivity index (χ4v) is 2.92. The molecule has 2 rings (SSSR count). The van der Waals surface area contributed by atoms with Gasteiger partial charge in [-0.1, -0.05) is 16.8 Å². The minimum Gasteiger partial charge on any atom is -0.398 e. The van der Waals surface area contributed by atoms with Gasteiger partial charge >= 0.3 is 0 Å². The first kappa shape index (κ1) is 14.8. The van der Waals surface area contributed by atoms with Crippen molar-refractivity contribution in [2.75, 3.05) is 5.73 Å². The molecule has 0 radical (unpaired) electrons. The topological polar surface area (TPSA) is 98.2 Å². The maximum atomic E-state index is 12.1. The highest BCUT2D eigenvalue weighted by Crippen LogP contribution is 2.25. The van der Waals surface area contributed by atoms with Crippen molar-refractivity contribution in [3.63, 3.8) is 0 Å². The highest BCUT2D eigenvalue weighted by atomic mass is 35.5. The Balaban J connectivity index is 2.22. The van der Waals surface area contributed by atoms with Crippen LogP contribution in [0.4, 0.5) is 5.69 Å². The molecule has 0 aliphatic heterocycles. The van der Waals surface area contributed by atoms with Gasteiger partial charge in [-0.15, -0.1) is 0 Å². The van der Waals surface area contributed by atoms with Crippen LogP contribution in [-0.2, 0) is 16.6 Å². The number of halogens is 1. The minimum absolute atomic E-state index is 0.00851. The van der Waals surface area contributed by atoms with E-state index in [1.165, 1.54) is 12.1 Å². The summed E-state index contributed by atoms with van der Waals surface area (Å²) >= 11 is 5.94. The van der Waals surface area contributed by atoms with Gasteiger partial charge in [0.05, 0.1) is 17.1 Å². The van der Waals surface area contributed by atoms with Crippen molar-refractivity contribution < 1.29 is 12.9 Å². The van der Waals surface area contributed by atoms with Gasteiger partial charge in [0.15, 0.2) is 5.76 Å². The zero-order valence-corrected chi connectivity index (χ0v) is 12.5. The van der Waals surface area contributed by atoms with Crippen LogP contribution in [-0.4, -0.2) is 13.6 Å². The summed E-state index contributed by atoms with van der Waals surface area (Å²) in [7, 11) is -3.71. The summed E-state index contributed by atoms with van der Waals surface area (Å²) in [5.41, 5.74) is 7.38. The summed E-state index contributed by atoms with van der Waals surface area (Å²) in [6, 6.07) is 4.38. The second-order valence-corrected chi connectivity index (χ2v) is 6.55. The van der Waals surface area contributed by atoms with Crippen molar-refractivity contribution in [2.24, 2.45) is 0 Å². The Hall–Kier alpha value is -1.57. The number of hydrogen-bond acceptors (Lipinski definition) is 5. The molecule has 3 N–H and O–H groups in total. The van der Waals surface area contributed by atoms with Crippen LogP contribution >= 0.6 is 11.6 Å². The van der Waals surface area contributed by atoms with Gasteiger partial charge in [0, 0.05) is 16.8 Å². The average Bonchev–Trinajstić information content (AvgIpc) is 2.79. The third kappa shape index (κ3) is 3.12. The Morgan fingerprint density at radius 1 is 1.35 bits per heavy atom. The fraction of sp³-hybridized carbons (Fsp3) is 0.250. The molecule has 0 unspecified atom stereocenters. The molecule has 6 nitrogen and oxygen atoms in total. The number of anilines is 1. The monoisotopic (exact) mass is 315 g/mol. The van der Waals surface area contributed by atoms with E-state index in [4.69, 9.17) is 21.9 Å². The summed E-state index contributed by atoms with van der Waals surface area (Å²) < 4.78 is 31.6. The van der Waals surface area contributed by atoms with Crippen LogP contribution in [0.5, 0.6) is 0 Å². The minimum atomic E-state index is -3.71. The summed E-state index contributed by atoms with van der Waals surface area (Å²) in [5, 5.41) is 3.99. The number of aromatic nitrogens is 1.